The van der Waals surface area contributed by atoms with Gasteiger partial charge in [-0.25, -0.2) is 0 Å². The third-order valence-electron chi connectivity index (χ3n) is 3.50. The van der Waals surface area contributed by atoms with Crippen LogP contribution in [-0.4, -0.2) is 12.3 Å². The van der Waals surface area contributed by atoms with Crippen molar-refractivity contribution >= 4 is 5.78 Å². The molecule has 0 fully saturated rings. The van der Waals surface area contributed by atoms with Crippen molar-refractivity contribution in [1.29, 1.82) is 0 Å². The van der Waals surface area contributed by atoms with Gasteiger partial charge in [-0.05, 0) is 23.1 Å². The number of rotatable bonds is 6. The first-order valence-electron chi connectivity index (χ1n) is 7.33. The van der Waals surface area contributed by atoms with Crippen molar-refractivity contribution in [1.82, 2.24) is 5.32 Å². The second kappa shape index (κ2) is 6.72. The van der Waals surface area contributed by atoms with E-state index in [0.29, 0.717) is 18.7 Å². The van der Waals surface area contributed by atoms with Gasteiger partial charge in [0.2, 0.25) is 0 Å². The molecule has 0 saturated carbocycles. The highest BCUT2D eigenvalue weighted by Crippen LogP contribution is 2.32. The molecule has 112 valence electrons. The predicted molar refractivity (Wildman–Crippen MR) is 84.3 cm³/mol. The molecule has 0 bridgehead atoms. The van der Waals surface area contributed by atoms with Crippen LogP contribution in [0.1, 0.15) is 49.4 Å². The van der Waals surface area contributed by atoms with Gasteiger partial charge in [0.05, 0.1) is 6.26 Å². The highest BCUT2D eigenvalue weighted by molar-refractivity contribution is 5.93. The van der Waals surface area contributed by atoms with Gasteiger partial charge in [0, 0.05) is 19.0 Å². The lowest BCUT2D eigenvalue weighted by Crippen LogP contribution is -2.33. The average molecular weight is 285 g/mol. The third kappa shape index (κ3) is 4.30. The summed E-state index contributed by atoms with van der Waals surface area (Å²) in [6.45, 7) is 7.24. The summed E-state index contributed by atoms with van der Waals surface area (Å²) in [7, 11) is 0. The van der Waals surface area contributed by atoms with Gasteiger partial charge < -0.3 is 9.73 Å². The van der Waals surface area contributed by atoms with Crippen LogP contribution in [0.4, 0.5) is 0 Å². The summed E-state index contributed by atoms with van der Waals surface area (Å²) < 4.78 is 5.13. The van der Waals surface area contributed by atoms with Gasteiger partial charge in [0.15, 0.2) is 11.5 Å². The second-order valence-corrected chi connectivity index (χ2v) is 6.31. The standard InChI is InChI=1S/C18H23NO2/c1-18(2,3)17(14-8-5-4-6-9-14)19-12-11-15(20)16-10-7-13-21-16/h4-10,13,17,19H,11-12H2,1-3H3. The molecular formula is C18H23NO2. The largest absolute Gasteiger partial charge is 0.461 e. The van der Waals surface area contributed by atoms with Gasteiger partial charge in [-0.3, -0.25) is 4.79 Å². The number of carbonyl (C=O) groups excluding carboxylic acids is 1. The van der Waals surface area contributed by atoms with Crippen molar-refractivity contribution in [2.24, 2.45) is 5.41 Å². The second-order valence-electron chi connectivity index (χ2n) is 6.31. The summed E-state index contributed by atoms with van der Waals surface area (Å²) in [4.78, 5) is 11.9. The zero-order valence-electron chi connectivity index (χ0n) is 12.9. The lowest BCUT2D eigenvalue weighted by molar-refractivity contribution is 0.0952. The molecule has 0 aliphatic rings. The molecule has 1 atom stereocenters. The van der Waals surface area contributed by atoms with E-state index in [1.165, 1.54) is 11.8 Å². The smallest absolute Gasteiger partial charge is 0.199 e. The number of hydrogen-bond donors (Lipinski definition) is 1. The zero-order valence-corrected chi connectivity index (χ0v) is 12.9. The lowest BCUT2D eigenvalue weighted by Gasteiger charge is -2.32. The lowest BCUT2D eigenvalue weighted by atomic mass is 9.82. The van der Waals surface area contributed by atoms with E-state index in [1.807, 2.05) is 18.2 Å². The summed E-state index contributed by atoms with van der Waals surface area (Å²) >= 11 is 0. The van der Waals surface area contributed by atoms with E-state index in [0.717, 1.165) is 0 Å². The quantitative estimate of drug-likeness (QED) is 0.808. The molecule has 0 spiro atoms. The van der Waals surface area contributed by atoms with Gasteiger partial charge >= 0.3 is 0 Å². The number of benzene rings is 1. The van der Waals surface area contributed by atoms with E-state index in [-0.39, 0.29) is 17.2 Å². The molecule has 0 amide bonds. The first-order chi connectivity index (χ1) is 9.98. The van der Waals surface area contributed by atoms with Crippen LogP contribution in [0.25, 0.3) is 0 Å². The number of hydrogen-bond acceptors (Lipinski definition) is 3. The van der Waals surface area contributed by atoms with E-state index < -0.39 is 0 Å². The summed E-state index contributed by atoms with van der Waals surface area (Å²) in [5.74, 6) is 0.469. The zero-order chi connectivity index (χ0) is 15.3. The Hall–Kier alpha value is -1.87. The summed E-state index contributed by atoms with van der Waals surface area (Å²) in [5.41, 5.74) is 1.32. The molecule has 21 heavy (non-hydrogen) atoms. The minimum absolute atomic E-state index is 0.0354. The van der Waals surface area contributed by atoms with Gasteiger partial charge in [0.1, 0.15) is 0 Å². The molecule has 2 rings (SSSR count). The van der Waals surface area contributed by atoms with E-state index in [2.05, 4.69) is 38.2 Å². The number of Topliss-reactive ketones (excluding diaryl/α,β-unsaturated/α-hetero) is 1. The molecule has 0 saturated heterocycles. The Morgan fingerprint density at radius 1 is 1.14 bits per heavy atom. The van der Waals surface area contributed by atoms with E-state index in [4.69, 9.17) is 4.42 Å². The Bertz CT molecular complexity index is 553. The van der Waals surface area contributed by atoms with Crippen molar-refractivity contribution in [2.75, 3.05) is 6.54 Å². The SMILES string of the molecule is CC(C)(C)C(NCCC(=O)c1ccco1)c1ccccc1. The van der Waals surface area contributed by atoms with Crippen LogP contribution in [0.3, 0.4) is 0 Å². The van der Waals surface area contributed by atoms with Crippen LogP contribution in [-0.2, 0) is 0 Å². The van der Waals surface area contributed by atoms with Crippen LogP contribution in [0.2, 0.25) is 0 Å². The molecule has 1 N–H and O–H groups in total. The first kappa shape index (κ1) is 15.5. The van der Waals surface area contributed by atoms with E-state index in [1.54, 1.807) is 12.1 Å². The Balaban J connectivity index is 1.96. The van der Waals surface area contributed by atoms with Crippen molar-refractivity contribution < 1.29 is 9.21 Å². The highest BCUT2D eigenvalue weighted by Gasteiger charge is 2.25. The van der Waals surface area contributed by atoms with Crippen molar-refractivity contribution in [2.45, 2.75) is 33.2 Å². The van der Waals surface area contributed by atoms with Crippen LogP contribution in [0.5, 0.6) is 0 Å². The third-order valence-corrected chi connectivity index (χ3v) is 3.50. The molecule has 3 nitrogen and oxygen atoms in total. The van der Waals surface area contributed by atoms with Crippen molar-refractivity contribution in [3.8, 4) is 0 Å². The monoisotopic (exact) mass is 285 g/mol. The maximum absolute atomic E-state index is 11.9. The average Bonchev–Trinajstić information content (AvgIpc) is 2.97. The van der Waals surface area contributed by atoms with Gasteiger partial charge in [-0.1, -0.05) is 51.1 Å². The Morgan fingerprint density at radius 2 is 1.86 bits per heavy atom. The molecule has 1 aromatic carbocycles. The predicted octanol–water partition coefficient (Wildman–Crippen LogP) is 4.23. The topological polar surface area (TPSA) is 42.2 Å². The normalized spacial score (nSPS) is 13.1. The van der Waals surface area contributed by atoms with Gasteiger partial charge in [-0.15, -0.1) is 0 Å². The van der Waals surface area contributed by atoms with Crippen molar-refractivity contribution in [3.05, 3.63) is 60.1 Å². The highest BCUT2D eigenvalue weighted by atomic mass is 16.3. The first-order valence-corrected chi connectivity index (χ1v) is 7.33. The van der Waals surface area contributed by atoms with Gasteiger partial charge in [0.25, 0.3) is 0 Å². The Kier molecular flexibility index (Phi) is 4.97. The minimum atomic E-state index is 0.0354. The molecule has 0 aliphatic carbocycles. The molecule has 0 aliphatic heterocycles. The number of carbonyl (C=O) groups is 1. The van der Waals surface area contributed by atoms with Crippen LogP contribution >= 0.6 is 0 Å². The number of furan rings is 1. The molecule has 3 heteroatoms. The van der Waals surface area contributed by atoms with E-state index in [9.17, 15) is 4.79 Å². The minimum Gasteiger partial charge on any atom is -0.461 e. The maximum Gasteiger partial charge on any atom is 0.199 e. The Morgan fingerprint density at radius 3 is 2.43 bits per heavy atom. The summed E-state index contributed by atoms with van der Waals surface area (Å²) in [5, 5.41) is 3.51. The van der Waals surface area contributed by atoms with E-state index >= 15 is 0 Å². The van der Waals surface area contributed by atoms with Crippen LogP contribution < -0.4 is 5.32 Å². The molecule has 1 unspecified atom stereocenters. The molecule has 2 aromatic rings. The summed E-state index contributed by atoms with van der Waals surface area (Å²) in [6, 6.07) is 14.0. The molecule has 1 heterocycles. The van der Waals surface area contributed by atoms with Gasteiger partial charge in [-0.2, -0.15) is 0 Å². The fourth-order valence-corrected chi connectivity index (χ4v) is 2.46. The maximum atomic E-state index is 11.9. The fraction of sp³-hybridized carbons (Fsp3) is 0.389. The number of ketones is 1. The molecule has 0 radical (unpaired) electrons. The van der Waals surface area contributed by atoms with Crippen molar-refractivity contribution in [3.63, 3.8) is 0 Å². The Labute approximate surface area is 126 Å². The molecule has 1 aromatic heterocycles. The van der Waals surface area contributed by atoms with Crippen LogP contribution in [0, 0.1) is 5.41 Å². The molecular weight excluding hydrogens is 262 g/mol. The summed E-state index contributed by atoms with van der Waals surface area (Å²) in [6.07, 6.45) is 1.97. The fourth-order valence-electron chi connectivity index (χ4n) is 2.46. The number of nitrogens with one attached hydrogen (secondary N) is 1. The van der Waals surface area contributed by atoms with Crippen LogP contribution in [0.15, 0.2) is 53.1 Å².